The van der Waals surface area contributed by atoms with Crippen LogP contribution in [0.1, 0.15) is 38.9 Å². The van der Waals surface area contributed by atoms with Gasteiger partial charge in [0, 0.05) is 32.5 Å². The third kappa shape index (κ3) is 5.06. The van der Waals surface area contributed by atoms with Crippen LogP contribution < -0.4 is 5.32 Å². The topological polar surface area (TPSA) is 56.2 Å². The first-order valence-electron chi connectivity index (χ1n) is 8.54. The molecule has 1 aromatic carbocycles. The number of imidazole rings is 1. The molecule has 0 unspecified atom stereocenters. The van der Waals surface area contributed by atoms with E-state index in [2.05, 4.69) is 16.0 Å². The number of hydrogen-bond acceptors (Lipinski definition) is 3. The minimum atomic E-state index is 0.136. The second-order valence-electron chi connectivity index (χ2n) is 5.57. The highest BCUT2D eigenvalue weighted by Crippen LogP contribution is 2.17. The van der Waals surface area contributed by atoms with E-state index >= 15 is 0 Å². The van der Waals surface area contributed by atoms with Crippen LogP contribution in [0.2, 0.25) is 0 Å². The molecule has 0 fully saturated rings. The number of nitrogens with zero attached hydrogens (tertiary/aromatic N) is 2. The SMILES string of the molecule is CCCC(=O)NCCCc1nc2ccccc2n1CCOCC. The predicted octanol–water partition coefficient (Wildman–Crippen LogP) is 2.92. The molecule has 1 N–H and O–H groups in total. The van der Waals surface area contributed by atoms with Gasteiger partial charge < -0.3 is 14.6 Å². The van der Waals surface area contributed by atoms with Gasteiger partial charge in [0.2, 0.25) is 5.91 Å². The first-order valence-corrected chi connectivity index (χ1v) is 8.54. The molecule has 5 nitrogen and oxygen atoms in total. The van der Waals surface area contributed by atoms with Crippen molar-refractivity contribution in [3.63, 3.8) is 0 Å². The van der Waals surface area contributed by atoms with E-state index in [1.807, 2.05) is 32.0 Å². The quantitative estimate of drug-likeness (QED) is 0.686. The molecule has 0 aliphatic heterocycles. The number of nitrogens with one attached hydrogen (secondary N) is 1. The van der Waals surface area contributed by atoms with Gasteiger partial charge in [-0.2, -0.15) is 0 Å². The number of ether oxygens (including phenoxy) is 1. The van der Waals surface area contributed by atoms with Gasteiger partial charge in [0.1, 0.15) is 5.82 Å². The Hall–Kier alpha value is -1.88. The standard InChI is InChI=1S/C18H27N3O2/c1-3-8-18(22)19-12-7-11-17-20-15-9-5-6-10-16(15)21(17)13-14-23-4-2/h5-6,9-10H,3-4,7-8,11-14H2,1-2H3,(H,19,22). The van der Waals surface area contributed by atoms with Crippen molar-refractivity contribution in [2.45, 2.75) is 46.1 Å². The number of hydrogen-bond donors (Lipinski definition) is 1. The molecule has 0 aliphatic carbocycles. The number of carbonyl (C=O) groups is 1. The third-order valence-electron chi connectivity index (χ3n) is 3.77. The van der Waals surface area contributed by atoms with Crippen LogP contribution in [0.3, 0.4) is 0 Å². The van der Waals surface area contributed by atoms with E-state index in [0.29, 0.717) is 19.6 Å². The van der Waals surface area contributed by atoms with Crippen molar-refractivity contribution in [2.75, 3.05) is 19.8 Å². The monoisotopic (exact) mass is 317 g/mol. The highest BCUT2D eigenvalue weighted by Gasteiger charge is 2.10. The molecule has 23 heavy (non-hydrogen) atoms. The summed E-state index contributed by atoms with van der Waals surface area (Å²) in [7, 11) is 0. The summed E-state index contributed by atoms with van der Waals surface area (Å²) < 4.78 is 7.72. The van der Waals surface area contributed by atoms with Crippen LogP contribution in [-0.4, -0.2) is 35.2 Å². The molecule has 1 amide bonds. The van der Waals surface area contributed by atoms with Crippen molar-refractivity contribution in [2.24, 2.45) is 0 Å². The summed E-state index contributed by atoms with van der Waals surface area (Å²) in [6.07, 6.45) is 3.24. The molecule has 1 aromatic heterocycles. The summed E-state index contributed by atoms with van der Waals surface area (Å²) in [6, 6.07) is 8.19. The summed E-state index contributed by atoms with van der Waals surface area (Å²) in [5.41, 5.74) is 2.17. The Labute approximate surface area is 138 Å². The molecule has 0 radical (unpaired) electrons. The fraction of sp³-hybridized carbons (Fsp3) is 0.556. The molecule has 0 atom stereocenters. The molecule has 0 spiro atoms. The number of rotatable bonds is 10. The molecule has 2 rings (SSSR count). The zero-order valence-electron chi connectivity index (χ0n) is 14.2. The highest BCUT2D eigenvalue weighted by molar-refractivity contribution is 5.76. The molecule has 2 aromatic rings. The summed E-state index contributed by atoms with van der Waals surface area (Å²) in [5.74, 6) is 1.20. The van der Waals surface area contributed by atoms with Crippen LogP contribution in [0.5, 0.6) is 0 Å². The van der Waals surface area contributed by atoms with Gasteiger partial charge in [-0.25, -0.2) is 4.98 Å². The van der Waals surface area contributed by atoms with Crippen LogP contribution in [0.25, 0.3) is 11.0 Å². The fourth-order valence-electron chi connectivity index (χ4n) is 2.66. The molecule has 1 heterocycles. The zero-order valence-corrected chi connectivity index (χ0v) is 14.2. The van der Waals surface area contributed by atoms with Crippen LogP contribution in [0.15, 0.2) is 24.3 Å². The zero-order chi connectivity index (χ0) is 16.5. The van der Waals surface area contributed by atoms with Crippen LogP contribution in [-0.2, 0) is 22.5 Å². The minimum absolute atomic E-state index is 0.136. The maximum Gasteiger partial charge on any atom is 0.219 e. The predicted molar refractivity (Wildman–Crippen MR) is 92.5 cm³/mol. The Kier molecular flexibility index (Phi) is 7.07. The van der Waals surface area contributed by atoms with E-state index in [1.165, 1.54) is 0 Å². The van der Waals surface area contributed by atoms with Gasteiger partial charge in [-0.3, -0.25) is 4.79 Å². The van der Waals surface area contributed by atoms with Gasteiger partial charge in [0.25, 0.3) is 0 Å². The number of carbonyl (C=O) groups excluding carboxylic acids is 1. The summed E-state index contributed by atoms with van der Waals surface area (Å²) in [6.45, 7) is 6.95. The van der Waals surface area contributed by atoms with Crippen molar-refractivity contribution in [3.8, 4) is 0 Å². The fourth-order valence-corrected chi connectivity index (χ4v) is 2.66. The van der Waals surface area contributed by atoms with Crippen molar-refractivity contribution in [1.29, 1.82) is 0 Å². The van der Waals surface area contributed by atoms with Crippen LogP contribution >= 0.6 is 0 Å². The van der Waals surface area contributed by atoms with Crippen molar-refractivity contribution in [3.05, 3.63) is 30.1 Å². The van der Waals surface area contributed by atoms with Crippen molar-refractivity contribution in [1.82, 2.24) is 14.9 Å². The lowest BCUT2D eigenvalue weighted by Crippen LogP contribution is -2.24. The van der Waals surface area contributed by atoms with Gasteiger partial charge in [-0.15, -0.1) is 0 Å². The van der Waals surface area contributed by atoms with Crippen LogP contribution in [0, 0.1) is 0 Å². The van der Waals surface area contributed by atoms with E-state index in [-0.39, 0.29) is 5.91 Å². The molecule has 0 aliphatic rings. The first-order chi connectivity index (χ1) is 11.3. The van der Waals surface area contributed by atoms with Gasteiger partial charge in [0.05, 0.1) is 17.6 Å². The third-order valence-corrected chi connectivity index (χ3v) is 3.77. The number of para-hydroxylation sites is 2. The van der Waals surface area contributed by atoms with E-state index in [4.69, 9.17) is 9.72 Å². The Morgan fingerprint density at radius 1 is 1.30 bits per heavy atom. The van der Waals surface area contributed by atoms with E-state index in [0.717, 1.165) is 49.3 Å². The van der Waals surface area contributed by atoms with E-state index in [1.54, 1.807) is 0 Å². The van der Waals surface area contributed by atoms with Gasteiger partial charge in [-0.1, -0.05) is 19.1 Å². The molecule has 126 valence electrons. The Morgan fingerprint density at radius 3 is 2.91 bits per heavy atom. The average Bonchev–Trinajstić information content (AvgIpc) is 2.90. The summed E-state index contributed by atoms with van der Waals surface area (Å²) in [5, 5.41) is 2.96. The van der Waals surface area contributed by atoms with Crippen molar-refractivity contribution < 1.29 is 9.53 Å². The molecule has 0 bridgehead atoms. The largest absolute Gasteiger partial charge is 0.380 e. The molecular formula is C18H27N3O2. The number of fused-ring (bicyclic) bond motifs is 1. The maximum atomic E-state index is 11.5. The molecule has 0 saturated heterocycles. The van der Waals surface area contributed by atoms with Crippen molar-refractivity contribution >= 4 is 16.9 Å². The second-order valence-corrected chi connectivity index (χ2v) is 5.57. The Balaban J connectivity index is 1.98. The number of benzene rings is 1. The molecule has 0 saturated carbocycles. The lowest BCUT2D eigenvalue weighted by atomic mass is 10.2. The number of amides is 1. The van der Waals surface area contributed by atoms with Gasteiger partial charge in [-0.05, 0) is 31.9 Å². The average molecular weight is 317 g/mol. The lowest BCUT2D eigenvalue weighted by Gasteiger charge is -2.09. The maximum absolute atomic E-state index is 11.5. The smallest absolute Gasteiger partial charge is 0.219 e. The van der Waals surface area contributed by atoms with E-state index < -0.39 is 0 Å². The lowest BCUT2D eigenvalue weighted by molar-refractivity contribution is -0.121. The van der Waals surface area contributed by atoms with Gasteiger partial charge in [0.15, 0.2) is 0 Å². The van der Waals surface area contributed by atoms with E-state index in [9.17, 15) is 4.79 Å². The second kappa shape index (κ2) is 9.30. The Morgan fingerprint density at radius 2 is 2.13 bits per heavy atom. The molecular weight excluding hydrogens is 290 g/mol. The number of aryl methyl sites for hydroxylation is 1. The number of aromatic nitrogens is 2. The summed E-state index contributed by atoms with van der Waals surface area (Å²) >= 11 is 0. The van der Waals surface area contributed by atoms with Crippen LogP contribution in [0.4, 0.5) is 0 Å². The first kappa shape index (κ1) is 17.5. The normalized spacial score (nSPS) is 11.0. The molecule has 5 heteroatoms. The summed E-state index contributed by atoms with van der Waals surface area (Å²) in [4.78, 5) is 16.2. The Bertz CT molecular complexity index is 622. The minimum Gasteiger partial charge on any atom is -0.380 e. The van der Waals surface area contributed by atoms with Gasteiger partial charge >= 0.3 is 0 Å². The highest BCUT2D eigenvalue weighted by atomic mass is 16.5.